The Bertz CT molecular complexity index is 940. The van der Waals surface area contributed by atoms with Gasteiger partial charge in [-0.15, -0.1) is 0 Å². The number of sulfone groups is 1. The fourth-order valence-corrected chi connectivity index (χ4v) is 5.63. The van der Waals surface area contributed by atoms with Gasteiger partial charge in [-0.25, -0.2) is 8.42 Å². The molecule has 5 heteroatoms. The normalized spacial score (nSPS) is 25.2. The predicted octanol–water partition coefficient (Wildman–Crippen LogP) is 3.21. The minimum Gasteiger partial charge on any atom is -0.302 e. The van der Waals surface area contributed by atoms with E-state index in [1.165, 1.54) is 12.1 Å². The fraction of sp³-hybridized carbons (Fsp3) is 0.300. The lowest BCUT2D eigenvalue weighted by Gasteiger charge is -2.05. The molecule has 1 fully saturated rings. The highest BCUT2D eigenvalue weighted by Gasteiger charge is 2.72. The highest BCUT2D eigenvalue weighted by atomic mass is 32.2. The molecule has 3 rings (SSSR count). The first-order valence-electron chi connectivity index (χ1n) is 8.17. The number of rotatable bonds is 5. The van der Waals surface area contributed by atoms with Gasteiger partial charge in [0.15, 0.2) is 9.84 Å². The van der Waals surface area contributed by atoms with E-state index in [0.717, 1.165) is 17.5 Å². The molecule has 128 valence electrons. The van der Waals surface area contributed by atoms with E-state index in [-0.39, 0.29) is 4.90 Å². The van der Waals surface area contributed by atoms with Gasteiger partial charge in [-0.2, -0.15) is 5.26 Å². The average Bonchev–Trinajstić information content (AvgIpc) is 3.33. The van der Waals surface area contributed by atoms with Crippen LogP contribution in [0, 0.1) is 23.7 Å². The molecule has 4 nitrogen and oxygen atoms in total. The molecular weight excluding hydrogens is 334 g/mol. The highest BCUT2D eigenvalue weighted by molar-refractivity contribution is 7.92. The zero-order chi connectivity index (χ0) is 18.2. The second-order valence-corrected chi connectivity index (χ2v) is 8.58. The maximum atomic E-state index is 13.0. The van der Waals surface area contributed by atoms with Crippen LogP contribution >= 0.6 is 0 Å². The van der Waals surface area contributed by atoms with E-state index in [0.29, 0.717) is 11.8 Å². The number of nitriles is 1. The maximum absolute atomic E-state index is 13.0. The van der Waals surface area contributed by atoms with Crippen molar-refractivity contribution in [3.63, 3.8) is 0 Å². The molecule has 1 aliphatic rings. The van der Waals surface area contributed by atoms with Gasteiger partial charge in [0.05, 0.1) is 11.0 Å². The summed E-state index contributed by atoms with van der Waals surface area (Å²) in [7, 11) is -3.78. The van der Waals surface area contributed by atoms with Crippen molar-refractivity contribution in [2.75, 3.05) is 0 Å². The van der Waals surface area contributed by atoms with Crippen molar-refractivity contribution >= 4 is 16.1 Å². The minimum atomic E-state index is -3.78. The van der Waals surface area contributed by atoms with Gasteiger partial charge in [0, 0.05) is 5.92 Å². The summed E-state index contributed by atoms with van der Waals surface area (Å²) in [5.41, 5.74) is 1.27. The van der Waals surface area contributed by atoms with Crippen molar-refractivity contribution in [3.8, 4) is 6.07 Å². The largest absolute Gasteiger partial charge is 0.302 e. The molecule has 0 spiro atoms. The van der Waals surface area contributed by atoms with Crippen molar-refractivity contribution in [2.45, 2.75) is 36.3 Å². The van der Waals surface area contributed by atoms with Crippen LogP contribution in [0.4, 0.5) is 0 Å². The lowest BCUT2D eigenvalue weighted by atomic mass is 10.0. The van der Waals surface area contributed by atoms with E-state index < -0.39 is 26.4 Å². The molecular formula is C20H19NO3S. The lowest BCUT2D eigenvalue weighted by Crippen LogP contribution is -2.16. The van der Waals surface area contributed by atoms with Crippen LogP contribution in [-0.2, 0) is 21.1 Å². The van der Waals surface area contributed by atoms with Gasteiger partial charge in [0.2, 0.25) is 0 Å². The van der Waals surface area contributed by atoms with E-state index in [4.69, 9.17) is 0 Å². The summed E-state index contributed by atoms with van der Waals surface area (Å²) < 4.78 is 26.1. The molecule has 2 aromatic carbocycles. The van der Waals surface area contributed by atoms with Crippen LogP contribution < -0.4 is 0 Å². The third-order valence-corrected chi connectivity index (χ3v) is 7.26. The number of carbonyl (C=O) groups is 1. The topological polar surface area (TPSA) is 75.0 Å². The third-order valence-electron chi connectivity index (χ3n) is 5.00. The Hall–Kier alpha value is -2.45. The molecule has 2 aromatic rings. The van der Waals surface area contributed by atoms with Crippen LogP contribution in [0.3, 0.4) is 0 Å². The summed E-state index contributed by atoms with van der Waals surface area (Å²) in [6.45, 7) is 3.90. The Balaban J connectivity index is 2.05. The van der Waals surface area contributed by atoms with Crippen molar-refractivity contribution in [3.05, 3.63) is 65.2 Å². The van der Waals surface area contributed by atoms with Gasteiger partial charge in [0.1, 0.15) is 17.0 Å². The van der Waals surface area contributed by atoms with E-state index in [9.17, 15) is 18.5 Å². The molecule has 25 heavy (non-hydrogen) atoms. The van der Waals surface area contributed by atoms with Crippen LogP contribution in [0.2, 0.25) is 0 Å². The SMILES string of the molecule is CCc1ccc(C2C(S(=O)(=O)c3ccc(C)cc3)C2(C#N)C=O)cc1. The molecule has 0 aromatic heterocycles. The van der Waals surface area contributed by atoms with Crippen molar-refractivity contribution in [1.29, 1.82) is 5.26 Å². The molecule has 0 bridgehead atoms. The minimum absolute atomic E-state index is 0.150. The molecule has 1 saturated carbocycles. The fourth-order valence-electron chi connectivity index (χ4n) is 3.40. The molecule has 3 unspecified atom stereocenters. The number of benzene rings is 2. The molecule has 3 atom stereocenters. The van der Waals surface area contributed by atoms with Gasteiger partial charge < -0.3 is 4.79 Å². The molecule has 0 aliphatic heterocycles. The van der Waals surface area contributed by atoms with E-state index in [2.05, 4.69) is 0 Å². The first-order valence-corrected chi connectivity index (χ1v) is 9.72. The van der Waals surface area contributed by atoms with Gasteiger partial charge >= 0.3 is 0 Å². The molecule has 1 aliphatic carbocycles. The third kappa shape index (κ3) is 2.67. The van der Waals surface area contributed by atoms with E-state index >= 15 is 0 Å². The van der Waals surface area contributed by atoms with Crippen LogP contribution in [0.25, 0.3) is 0 Å². The van der Waals surface area contributed by atoms with E-state index in [1.54, 1.807) is 12.1 Å². The highest BCUT2D eigenvalue weighted by Crippen LogP contribution is 2.62. The van der Waals surface area contributed by atoms with E-state index in [1.807, 2.05) is 44.2 Å². The Labute approximate surface area is 148 Å². The monoisotopic (exact) mass is 353 g/mol. The van der Waals surface area contributed by atoms with Crippen molar-refractivity contribution in [2.24, 2.45) is 5.41 Å². The van der Waals surface area contributed by atoms with Crippen LogP contribution in [0.5, 0.6) is 0 Å². The molecule has 0 radical (unpaired) electrons. The summed E-state index contributed by atoms with van der Waals surface area (Å²) in [5.74, 6) is -0.632. The average molecular weight is 353 g/mol. The number of nitrogens with zero attached hydrogens (tertiary/aromatic N) is 1. The Morgan fingerprint density at radius 3 is 2.20 bits per heavy atom. The number of carbonyl (C=O) groups excluding carboxylic acids is 1. The molecule has 0 N–H and O–H groups in total. The second-order valence-electron chi connectivity index (χ2n) is 6.51. The standard InChI is InChI=1S/C20H19NO3S/c1-3-15-6-8-16(9-7-15)18-19(20(18,12-21)13-22)25(23,24)17-10-4-14(2)5-11-17/h4-11,13,18-19H,3H2,1-2H3. The summed E-state index contributed by atoms with van der Waals surface area (Å²) >= 11 is 0. The number of aryl methyl sites for hydroxylation is 2. The molecule has 0 saturated heterocycles. The van der Waals surface area contributed by atoms with Crippen LogP contribution in [-0.4, -0.2) is 20.0 Å². The first kappa shape index (κ1) is 17.4. The number of aldehydes is 1. The van der Waals surface area contributed by atoms with Crippen LogP contribution in [0.1, 0.15) is 29.5 Å². The summed E-state index contributed by atoms with van der Waals surface area (Å²) in [6.07, 6.45) is 1.37. The Morgan fingerprint density at radius 2 is 1.72 bits per heavy atom. The van der Waals surface area contributed by atoms with Crippen LogP contribution in [0.15, 0.2) is 53.4 Å². The number of hydrogen-bond donors (Lipinski definition) is 0. The predicted molar refractivity (Wildman–Crippen MR) is 94.8 cm³/mol. The van der Waals surface area contributed by atoms with Crippen molar-refractivity contribution < 1.29 is 13.2 Å². The summed E-state index contributed by atoms with van der Waals surface area (Å²) in [5, 5.41) is 8.52. The molecule has 0 amide bonds. The smallest absolute Gasteiger partial charge is 0.183 e. The van der Waals surface area contributed by atoms with Gasteiger partial charge in [-0.1, -0.05) is 48.9 Å². The zero-order valence-corrected chi connectivity index (χ0v) is 15.0. The van der Waals surface area contributed by atoms with Crippen molar-refractivity contribution in [1.82, 2.24) is 0 Å². The van der Waals surface area contributed by atoms with Gasteiger partial charge in [-0.3, -0.25) is 0 Å². The first-order chi connectivity index (χ1) is 11.9. The zero-order valence-electron chi connectivity index (χ0n) is 14.1. The number of hydrogen-bond acceptors (Lipinski definition) is 4. The lowest BCUT2D eigenvalue weighted by molar-refractivity contribution is -0.110. The Morgan fingerprint density at radius 1 is 1.12 bits per heavy atom. The second kappa shape index (κ2) is 6.12. The molecule has 0 heterocycles. The van der Waals surface area contributed by atoms with Gasteiger partial charge in [-0.05, 0) is 36.6 Å². The maximum Gasteiger partial charge on any atom is 0.183 e. The summed E-state index contributed by atoms with van der Waals surface area (Å²) in [6, 6.07) is 15.9. The van der Waals surface area contributed by atoms with Gasteiger partial charge in [0.25, 0.3) is 0 Å². The summed E-state index contributed by atoms with van der Waals surface area (Å²) in [4.78, 5) is 11.8. The Kier molecular flexibility index (Phi) is 4.26. The quantitative estimate of drug-likeness (QED) is 0.774.